The van der Waals surface area contributed by atoms with Gasteiger partial charge in [-0.3, -0.25) is 10.1 Å². The van der Waals surface area contributed by atoms with Crippen molar-refractivity contribution in [2.24, 2.45) is 0 Å². The molecule has 0 bridgehead atoms. The average molecular weight is 183 g/mol. The van der Waals surface area contributed by atoms with Crippen molar-refractivity contribution < 1.29 is 17.1 Å². The van der Waals surface area contributed by atoms with Crippen molar-refractivity contribution in [2.75, 3.05) is 0 Å². The van der Waals surface area contributed by atoms with Gasteiger partial charge >= 0.3 is 0 Å². The van der Waals surface area contributed by atoms with Crippen LogP contribution in [-0.2, 0) is 17.1 Å². The summed E-state index contributed by atoms with van der Waals surface area (Å²) in [7, 11) is 0. The molecule has 1 radical (unpaired) electrons. The Kier molecular flexibility index (Phi) is 2.04. The van der Waals surface area contributed by atoms with Crippen molar-refractivity contribution in [3.8, 4) is 0 Å². The van der Waals surface area contributed by atoms with E-state index in [2.05, 4.69) is 15.2 Å². The van der Waals surface area contributed by atoms with E-state index in [4.69, 9.17) is 0 Å². The fraction of sp³-hybridized carbons (Fsp3) is 0. The zero-order valence-electron chi connectivity index (χ0n) is 5.01. The van der Waals surface area contributed by atoms with Crippen molar-refractivity contribution in [1.82, 2.24) is 15.2 Å². The van der Waals surface area contributed by atoms with Crippen LogP contribution in [0.3, 0.4) is 0 Å². The number of H-pyrrole nitrogens is 1. The summed E-state index contributed by atoms with van der Waals surface area (Å²) in [5, 5.41) is 6.62. The molecule has 0 spiro atoms. The van der Waals surface area contributed by atoms with E-state index in [-0.39, 0.29) is 17.1 Å². The third kappa shape index (κ3) is 1.03. The predicted molar refractivity (Wildman–Crippen MR) is 33.9 cm³/mol. The molecule has 10 heavy (non-hydrogen) atoms. The van der Waals surface area contributed by atoms with E-state index < -0.39 is 0 Å². The van der Waals surface area contributed by atoms with Crippen molar-refractivity contribution >= 4 is 11.0 Å². The number of aromatic nitrogens is 3. The van der Waals surface area contributed by atoms with Gasteiger partial charge in [0.2, 0.25) is 0 Å². The van der Waals surface area contributed by atoms with Gasteiger partial charge in [0.15, 0.2) is 0 Å². The molecule has 0 saturated carbocycles. The Bertz CT molecular complexity index is 287. The van der Waals surface area contributed by atoms with Crippen LogP contribution < -0.4 is 0 Å². The maximum atomic E-state index is 4.05. The Morgan fingerprint density at radius 3 is 3.10 bits per heavy atom. The second-order valence-electron chi connectivity index (χ2n) is 1.81. The first-order chi connectivity index (χ1) is 4.47. The number of rotatable bonds is 0. The summed E-state index contributed by atoms with van der Waals surface area (Å²) in [6, 6.07) is 3.82. The van der Waals surface area contributed by atoms with E-state index in [0.717, 1.165) is 11.0 Å². The van der Waals surface area contributed by atoms with Crippen LogP contribution >= 0.6 is 0 Å². The molecule has 0 saturated heterocycles. The molecule has 2 aromatic heterocycles. The predicted octanol–water partition coefficient (Wildman–Crippen LogP) is 0.955. The second-order valence-corrected chi connectivity index (χ2v) is 1.81. The minimum absolute atomic E-state index is 0. The van der Waals surface area contributed by atoms with Crippen molar-refractivity contribution in [3.63, 3.8) is 0 Å². The second kappa shape index (κ2) is 2.82. The summed E-state index contributed by atoms with van der Waals surface area (Å²) in [6.07, 6.45) is 3.45. The van der Waals surface area contributed by atoms with Crippen LogP contribution in [0, 0.1) is 0 Å². The van der Waals surface area contributed by atoms with Gasteiger partial charge in [0.05, 0.1) is 11.7 Å². The van der Waals surface area contributed by atoms with E-state index in [1.54, 1.807) is 12.4 Å². The molecule has 0 amide bonds. The quantitative estimate of drug-likeness (QED) is 0.617. The Morgan fingerprint density at radius 2 is 2.30 bits per heavy atom. The molecular formula is C6H5CuN3. The van der Waals surface area contributed by atoms with Gasteiger partial charge in [0.1, 0.15) is 5.52 Å². The fourth-order valence-electron chi connectivity index (χ4n) is 0.778. The van der Waals surface area contributed by atoms with E-state index in [0.29, 0.717) is 0 Å². The molecule has 0 atom stereocenters. The zero-order valence-corrected chi connectivity index (χ0v) is 5.95. The monoisotopic (exact) mass is 182 g/mol. The van der Waals surface area contributed by atoms with E-state index in [1.807, 2.05) is 12.1 Å². The molecule has 2 aromatic rings. The number of pyridine rings is 1. The Labute approximate surface area is 68.3 Å². The normalized spacial score (nSPS) is 9.20. The summed E-state index contributed by atoms with van der Waals surface area (Å²) >= 11 is 0. The smallest absolute Gasteiger partial charge is 0.108 e. The van der Waals surface area contributed by atoms with Gasteiger partial charge in [-0.25, -0.2) is 0 Å². The number of fused-ring (bicyclic) bond motifs is 1. The van der Waals surface area contributed by atoms with E-state index in [9.17, 15) is 0 Å². The molecule has 2 rings (SSSR count). The van der Waals surface area contributed by atoms with Gasteiger partial charge in [-0.1, -0.05) is 0 Å². The molecule has 3 nitrogen and oxygen atoms in total. The third-order valence-corrected chi connectivity index (χ3v) is 1.21. The van der Waals surface area contributed by atoms with Crippen molar-refractivity contribution in [2.45, 2.75) is 0 Å². The molecular weight excluding hydrogens is 178 g/mol. The first kappa shape index (κ1) is 7.25. The van der Waals surface area contributed by atoms with Gasteiger partial charge in [0, 0.05) is 23.3 Å². The minimum atomic E-state index is 0. The average Bonchev–Trinajstić information content (AvgIpc) is 2.33. The first-order valence-corrected chi connectivity index (χ1v) is 2.71. The van der Waals surface area contributed by atoms with Crippen LogP contribution in [-0.4, -0.2) is 15.2 Å². The summed E-state index contributed by atoms with van der Waals surface area (Å²) in [5.41, 5.74) is 1.90. The summed E-state index contributed by atoms with van der Waals surface area (Å²) in [4.78, 5) is 4.05. The molecule has 2 heterocycles. The van der Waals surface area contributed by atoms with Crippen LogP contribution in [0.2, 0.25) is 0 Å². The summed E-state index contributed by atoms with van der Waals surface area (Å²) in [5.74, 6) is 0. The van der Waals surface area contributed by atoms with E-state index in [1.165, 1.54) is 0 Å². The van der Waals surface area contributed by atoms with Gasteiger partial charge in [-0.05, 0) is 12.1 Å². The molecule has 0 aliphatic carbocycles. The fourth-order valence-corrected chi connectivity index (χ4v) is 0.778. The summed E-state index contributed by atoms with van der Waals surface area (Å²) in [6.45, 7) is 0. The number of hydrogen-bond donors (Lipinski definition) is 1. The molecule has 4 heteroatoms. The summed E-state index contributed by atoms with van der Waals surface area (Å²) < 4.78 is 0. The standard InChI is InChI=1S/C6H5N3.Cu/c1-2-5-6(7-3-1)4-8-9-5;/h1-4H,(H,8,9);. The Balaban J connectivity index is 0.000000500. The van der Waals surface area contributed by atoms with Crippen LogP contribution in [0.1, 0.15) is 0 Å². The molecule has 1 N–H and O–H groups in total. The number of hydrogen-bond acceptors (Lipinski definition) is 2. The van der Waals surface area contributed by atoms with Gasteiger partial charge in [-0.2, -0.15) is 5.10 Å². The topological polar surface area (TPSA) is 41.6 Å². The third-order valence-electron chi connectivity index (χ3n) is 1.21. The number of aromatic amines is 1. The Hall–Kier alpha value is -0.861. The van der Waals surface area contributed by atoms with Crippen LogP contribution in [0.5, 0.6) is 0 Å². The van der Waals surface area contributed by atoms with Gasteiger partial charge < -0.3 is 0 Å². The van der Waals surface area contributed by atoms with Crippen molar-refractivity contribution in [3.05, 3.63) is 24.5 Å². The maximum Gasteiger partial charge on any atom is 0.108 e. The van der Waals surface area contributed by atoms with E-state index >= 15 is 0 Å². The zero-order chi connectivity index (χ0) is 6.10. The molecule has 0 unspecified atom stereocenters. The van der Waals surface area contributed by atoms with Crippen LogP contribution in [0.15, 0.2) is 24.5 Å². The molecule has 0 aromatic carbocycles. The molecule has 0 aliphatic rings. The van der Waals surface area contributed by atoms with Crippen LogP contribution in [0.4, 0.5) is 0 Å². The largest absolute Gasteiger partial charge is 0.276 e. The molecule has 55 valence electrons. The van der Waals surface area contributed by atoms with Gasteiger partial charge in [0.25, 0.3) is 0 Å². The number of nitrogens with zero attached hydrogens (tertiary/aromatic N) is 2. The minimum Gasteiger partial charge on any atom is -0.276 e. The SMILES string of the molecule is [Cu].c1cnc2cn[nH]c2c1. The maximum absolute atomic E-state index is 4.05. The molecule has 0 aliphatic heterocycles. The van der Waals surface area contributed by atoms with Crippen LogP contribution in [0.25, 0.3) is 11.0 Å². The van der Waals surface area contributed by atoms with Gasteiger partial charge in [-0.15, -0.1) is 0 Å². The molecule has 0 fully saturated rings. The van der Waals surface area contributed by atoms with Crippen molar-refractivity contribution in [1.29, 1.82) is 0 Å². The first-order valence-electron chi connectivity index (χ1n) is 2.71. The number of nitrogens with one attached hydrogen (secondary N) is 1. The Morgan fingerprint density at radius 1 is 1.40 bits per heavy atom.